The Bertz CT molecular complexity index is 805. The topological polar surface area (TPSA) is 96.6 Å². The summed E-state index contributed by atoms with van der Waals surface area (Å²) in [4.78, 5) is 11.1. The molecular weight excluding hydrogens is 306 g/mol. The Morgan fingerprint density at radius 1 is 1.32 bits per heavy atom. The van der Waals surface area contributed by atoms with Gasteiger partial charge in [0.25, 0.3) is 0 Å². The molecule has 7 heteroatoms. The standard InChI is InChI=1S/C15H15NO5S/c17-15(18)13-6-7-21-14(13)9-16-22(19,20)12-3-1-2-11(8-12)10-4-5-10/h1-3,6-8,10,16H,4-5,9H2,(H,17,18). The minimum absolute atomic E-state index is 0.0468. The van der Waals surface area contributed by atoms with Crippen LogP contribution in [0.15, 0.2) is 45.9 Å². The van der Waals surface area contributed by atoms with Crippen molar-refractivity contribution >= 4 is 16.0 Å². The quantitative estimate of drug-likeness (QED) is 0.851. The van der Waals surface area contributed by atoms with Crippen LogP contribution in [-0.4, -0.2) is 19.5 Å². The van der Waals surface area contributed by atoms with Gasteiger partial charge in [0, 0.05) is 0 Å². The highest BCUT2D eigenvalue weighted by atomic mass is 32.2. The number of aromatic carboxylic acids is 1. The van der Waals surface area contributed by atoms with Gasteiger partial charge in [0.05, 0.1) is 17.7 Å². The summed E-state index contributed by atoms with van der Waals surface area (Å²) in [5, 5.41) is 8.97. The Morgan fingerprint density at radius 3 is 2.77 bits per heavy atom. The van der Waals surface area contributed by atoms with E-state index in [4.69, 9.17) is 9.52 Å². The maximum atomic E-state index is 12.3. The second-order valence-electron chi connectivity index (χ2n) is 5.23. The van der Waals surface area contributed by atoms with Gasteiger partial charge < -0.3 is 9.52 Å². The van der Waals surface area contributed by atoms with Gasteiger partial charge >= 0.3 is 5.97 Å². The minimum atomic E-state index is -3.71. The van der Waals surface area contributed by atoms with Gasteiger partial charge in [-0.15, -0.1) is 0 Å². The summed E-state index contributed by atoms with van der Waals surface area (Å²) < 4.78 is 32.0. The van der Waals surface area contributed by atoms with Crippen LogP contribution in [0.25, 0.3) is 0 Å². The second kappa shape index (κ2) is 5.58. The van der Waals surface area contributed by atoms with Crippen molar-refractivity contribution in [2.45, 2.75) is 30.2 Å². The lowest BCUT2D eigenvalue weighted by atomic mass is 10.1. The summed E-state index contributed by atoms with van der Waals surface area (Å²) in [6, 6.07) is 8.12. The molecule has 22 heavy (non-hydrogen) atoms. The average molecular weight is 321 g/mol. The smallest absolute Gasteiger partial charge is 0.339 e. The van der Waals surface area contributed by atoms with E-state index in [-0.39, 0.29) is 22.8 Å². The van der Waals surface area contributed by atoms with Crippen molar-refractivity contribution in [2.24, 2.45) is 0 Å². The van der Waals surface area contributed by atoms with Gasteiger partial charge in [0.1, 0.15) is 11.3 Å². The van der Waals surface area contributed by atoms with Crippen molar-refractivity contribution in [2.75, 3.05) is 0 Å². The number of carboxylic acid groups (broad SMARTS) is 1. The molecule has 2 N–H and O–H groups in total. The van der Waals surface area contributed by atoms with E-state index in [0.717, 1.165) is 18.4 Å². The second-order valence-corrected chi connectivity index (χ2v) is 7.00. The van der Waals surface area contributed by atoms with E-state index in [9.17, 15) is 13.2 Å². The molecule has 1 fully saturated rings. The van der Waals surface area contributed by atoms with E-state index in [1.165, 1.54) is 18.4 Å². The van der Waals surface area contributed by atoms with E-state index in [1.807, 2.05) is 6.07 Å². The van der Waals surface area contributed by atoms with Crippen LogP contribution in [0.2, 0.25) is 0 Å². The molecule has 1 aromatic carbocycles. The maximum absolute atomic E-state index is 12.3. The molecule has 1 saturated carbocycles. The zero-order valence-corrected chi connectivity index (χ0v) is 12.5. The molecular formula is C15H15NO5S. The predicted molar refractivity (Wildman–Crippen MR) is 78.1 cm³/mol. The van der Waals surface area contributed by atoms with Crippen LogP contribution in [0.3, 0.4) is 0 Å². The summed E-state index contributed by atoms with van der Waals surface area (Å²) in [5.74, 6) is -0.619. The molecule has 116 valence electrons. The van der Waals surface area contributed by atoms with Crippen molar-refractivity contribution in [1.82, 2.24) is 4.72 Å². The molecule has 0 unspecified atom stereocenters. The molecule has 0 atom stereocenters. The molecule has 0 radical (unpaired) electrons. The van der Waals surface area contributed by atoms with Crippen molar-refractivity contribution in [3.63, 3.8) is 0 Å². The number of hydrogen-bond donors (Lipinski definition) is 2. The number of hydrogen-bond acceptors (Lipinski definition) is 4. The van der Waals surface area contributed by atoms with E-state index in [0.29, 0.717) is 5.92 Å². The first-order chi connectivity index (χ1) is 10.5. The van der Waals surface area contributed by atoms with Crippen molar-refractivity contribution in [3.8, 4) is 0 Å². The third-order valence-corrected chi connectivity index (χ3v) is 5.01. The van der Waals surface area contributed by atoms with Gasteiger partial charge in [0.15, 0.2) is 0 Å². The number of benzene rings is 1. The molecule has 0 saturated heterocycles. The number of carbonyl (C=O) groups is 1. The Kier molecular flexibility index (Phi) is 3.76. The Hall–Kier alpha value is -2.12. The first-order valence-electron chi connectivity index (χ1n) is 6.86. The lowest BCUT2D eigenvalue weighted by Crippen LogP contribution is -2.24. The summed E-state index contributed by atoms with van der Waals surface area (Å²) >= 11 is 0. The predicted octanol–water partition coefficient (Wildman–Crippen LogP) is 2.33. The van der Waals surface area contributed by atoms with E-state index >= 15 is 0 Å². The molecule has 0 bridgehead atoms. The highest BCUT2D eigenvalue weighted by Gasteiger charge is 2.25. The van der Waals surface area contributed by atoms with Crippen molar-refractivity contribution in [3.05, 3.63) is 53.5 Å². The molecule has 0 amide bonds. The van der Waals surface area contributed by atoms with E-state index in [1.54, 1.807) is 12.1 Å². The van der Waals surface area contributed by atoms with Gasteiger partial charge in [-0.1, -0.05) is 12.1 Å². The molecule has 1 heterocycles. The number of sulfonamides is 1. The average Bonchev–Trinajstić information content (AvgIpc) is 3.23. The van der Waals surface area contributed by atoms with Gasteiger partial charge in [-0.05, 0) is 42.5 Å². The molecule has 1 aromatic heterocycles. The lowest BCUT2D eigenvalue weighted by Gasteiger charge is -2.07. The highest BCUT2D eigenvalue weighted by molar-refractivity contribution is 7.89. The minimum Gasteiger partial charge on any atom is -0.478 e. The number of furan rings is 1. The molecule has 0 aliphatic heterocycles. The van der Waals surface area contributed by atoms with Crippen LogP contribution < -0.4 is 4.72 Å². The van der Waals surface area contributed by atoms with Crippen LogP contribution >= 0.6 is 0 Å². The fourth-order valence-electron chi connectivity index (χ4n) is 2.26. The molecule has 3 rings (SSSR count). The van der Waals surface area contributed by atoms with Crippen LogP contribution in [0.5, 0.6) is 0 Å². The highest BCUT2D eigenvalue weighted by Crippen LogP contribution is 2.40. The van der Waals surface area contributed by atoms with Gasteiger partial charge in [0.2, 0.25) is 10.0 Å². The molecule has 0 spiro atoms. The van der Waals surface area contributed by atoms with Gasteiger partial charge in [-0.2, -0.15) is 0 Å². The fraction of sp³-hybridized carbons (Fsp3) is 0.267. The monoisotopic (exact) mass is 321 g/mol. The van der Waals surface area contributed by atoms with Gasteiger partial charge in [-0.25, -0.2) is 17.9 Å². The largest absolute Gasteiger partial charge is 0.478 e. The first kappa shape index (κ1) is 14.8. The SMILES string of the molecule is O=C(O)c1ccoc1CNS(=O)(=O)c1cccc(C2CC2)c1. The molecule has 1 aliphatic carbocycles. The van der Waals surface area contributed by atoms with Crippen molar-refractivity contribution < 1.29 is 22.7 Å². The van der Waals surface area contributed by atoms with E-state index in [2.05, 4.69) is 4.72 Å². The Balaban J connectivity index is 1.77. The van der Waals surface area contributed by atoms with Crippen molar-refractivity contribution in [1.29, 1.82) is 0 Å². The van der Waals surface area contributed by atoms with Crippen LogP contribution in [0.4, 0.5) is 0 Å². The molecule has 6 nitrogen and oxygen atoms in total. The van der Waals surface area contributed by atoms with E-state index < -0.39 is 16.0 Å². The van der Waals surface area contributed by atoms with Crippen LogP contribution in [0, 0.1) is 0 Å². The normalized spacial score (nSPS) is 14.9. The number of rotatable bonds is 6. The molecule has 2 aromatic rings. The summed E-state index contributed by atoms with van der Waals surface area (Å²) in [6.07, 6.45) is 3.40. The fourth-order valence-corrected chi connectivity index (χ4v) is 3.30. The Morgan fingerprint density at radius 2 is 2.09 bits per heavy atom. The molecule has 1 aliphatic rings. The van der Waals surface area contributed by atoms with Crippen LogP contribution in [-0.2, 0) is 16.6 Å². The zero-order chi connectivity index (χ0) is 15.7. The zero-order valence-electron chi connectivity index (χ0n) is 11.7. The number of carboxylic acids is 1. The maximum Gasteiger partial charge on any atom is 0.339 e. The summed E-state index contributed by atoms with van der Waals surface area (Å²) in [6.45, 7) is -0.204. The summed E-state index contributed by atoms with van der Waals surface area (Å²) in [7, 11) is -3.71. The van der Waals surface area contributed by atoms with Gasteiger partial charge in [-0.3, -0.25) is 0 Å². The first-order valence-corrected chi connectivity index (χ1v) is 8.35. The third-order valence-electron chi connectivity index (χ3n) is 3.62. The van der Waals surface area contributed by atoms with Crippen LogP contribution in [0.1, 0.15) is 40.4 Å². The number of nitrogens with one attached hydrogen (secondary N) is 1. The summed E-state index contributed by atoms with van der Waals surface area (Å²) in [5.41, 5.74) is 0.974. The third kappa shape index (κ3) is 3.05. The Labute approximate surface area is 127 Å². The lowest BCUT2D eigenvalue weighted by molar-refractivity contribution is 0.0694.